The van der Waals surface area contributed by atoms with E-state index in [1.165, 1.54) is 7.11 Å². The Balaban J connectivity index is 2.12. The van der Waals surface area contributed by atoms with Gasteiger partial charge in [-0.2, -0.15) is 0 Å². The highest BCUT2D eigenvalue weighted by molar-refractivity contribution is 5.88. The number of hydrogen-bond donors (Lipinski definition) is 2. The molecule has 0 unspecified atom stereocenters. The number of fused-ring (bicyclic) bond motifs is 2. The van der Waals surface area contributed by atoms with Crippen LogP contribution in [0.3, 0.4) is 0 Å². The topological polar surface area (TPSA) is 71.4 Å². The van der Waals surface area contributed by atoms with Crippen molar-refractivity contribution < 1.29 is 24.4 Å². The highest BCUT2D eigenvalue weighted by Crippen LogP contribution is 2.56. The quantitative estimate of drug-likeness (QED) is 0.880. The van der Waals surface area contributed by atoms with E-state index >= 15 is 0 Å². The van der Waals surface area contributed by atoms with E-state index in [0.29, 0.717) is 29.4 Å². The minimum absolute atomic E-state index is 0.0613. The molecule has 0 bridgehead atoms. The summed E-state index contributed by atoms with van der Waals surface area (Å²) in [6, 6.07) is 5.72. The Kier molecular flexibility index (Phi) is 3.97. The summed E-state index contributed by atoms with van der Waals surface area (Å²) < 4.78 is 16.5. The van der Waals surface area contributed by atoms with Crippen LogP contribution < -0.4 is 14.2 Å². The molecular weight excluding hydrogens is 334 g/mol. The lowest BCUT2D eigenvalue weighted by atomic mass is 9.75. The lowest BCUT2D eigenvalue weighted by molar-refractivity contribution is 0.0828. The van der Waals surface area contributed by atoms with Gasteiger partial charge in [0.1, 0.15) is 0 Å². The molecule has 26 heavy (non-hydrogen) atoms. The Morgan fingerprint density at radius 1 is 1.04 bits per heavy atom. The molecule has 0 radical (unpaired) electrons. The van der Waals surface area contributed by atoms with E-state index in [1.54, 1.807) is 20.3 Å². The molecule has 0 saturated carbocycles. The number of β-amino-alcohol motifs (C(OH)–C–C–N with tert-alkyl or cyclic N) is 1. The molecule has 1 aliphatic heterocycles. The number of hydrogen-bond acceptors (Lipinski definition) is 6. The average Bonchev–Trinajstić information content (AvgIpc) is 2.65. The van der Waals surface area contributed by atoms with Gasteiger partial charge in [0.05, 0.1) is 27.4 Å². The third-order valence-electron chi connectivity index (χ3n) is 5.54. The smallest absolute Gasteiger partial charge is 0.168 e. The van der Waals surface area contributed by atoms with Crippen LogP contribution in [0.4, 0.5) is 0 Å². The van der Waals surface area contributed by atoms with Gasteiger partial charge in [-0.25, -0.2) is 0 Å². The number of phenols is 1. The second-order valence-electron chi connectivity index (χ2n) is 6.82. The monoisotopic (exact) mass is 357 g/mol. The number of phenolic OH excluding ortho intramolecular Hbond substituents is 1. The Bertz CT molecular complexity index is 879. The van der Waals surface area contributed by atoms with Crippen LogP contribution in [0.2, 0.25) is 0 Å². The summed E-state index contributed by atoms with van der Waals surface area (Å²) in [5.41, 5.74) is 4.26. The first-order chi connectivity index (χ1) is 12.5. The van der Waals surface area contributed by atoms with Crippen molar-refractivity contribution in [3.8, 4) is 34.1 Å². The second kappa shape index (κ2) is 6.07. The fraction of sp³-hybridized carbons (Fsp3) is 0.400. The number of aliphatic hydroxyl groups excluding tert-OH is 1. The summed E-state index contributed by atoms with van der Waals surface area (Å²) in [6.45, 7) is 0.535. The number of likely N-dealkylation sites (N-methyl/N-ethyl adjacent to an activating group) is 1. The molecule has 0 spiro atoms. The number of rotatable bonds is 3. The standard InChI is InChI=1S/C20H23NO5/c1-21-9-13(22)11-8-15(25-3)19(23)18-16-10(7-12(21)17(11)18)5-6-14(24-2)20(16)26-4/h5-6,8,12-13,22-23H,7,9H2,1-4H3/t12-,13-/m0/s1. The molecule has 1 heterocycles. The van der Waals surface area contributed by atoms with Crippen LogP contribution in [-0.2, 0) is 6.42 Å². The van der Waals surface area contributed by atoms with Gasteiger partial charge in [0.25, 0.3) is 0 Å². The van der Waals surface area contributed by atoms with E-state index in [2.05, 4.69) is 4.90 Å². The van der Waals surface area contributed by atoms with Crippen molar-refractivity contribution in [2.75, 3.05) is 34.9 Å². The Morgan fingerprint density at radius 2 is 1.77 bits per heavy atom. The van der Waals surface area contributed by atoms with Crippen molar-refractivity contribution in [1.29, 1.82) is 0 Å². The predicted octanol–water partition coefficient (Wildman–Crippen LogP) is 2.66. The van der Waals surface area contributed by atoms with Gasteiger partial charge in [0.15, 0.2) is 23.0 Å². The van der Waals surface area contributed by atoms with Crippen LogP contribution in [0.25, 0.3) is 11.1 Å². The molecule has 2 aromatic carbocycles. The lowest BCUT2D eigenvalue weighted by Crippen LogP contribution is -2.38. The molecular formula is C20H23NO5. The van der Waals surface area contributed by atoms with Crippen molar-refractivity contribution in [1.82, 2.24) is 4.90 Å². The van der Waals surface area contributed by atoms with Gasteiger partial charge in [-0.3, -0.25) is 4.90 Å². The van der Waals surface area contributed by atoms with Gasteiger partial charge in [0, 0.05) is 23.7 Å². The predicted molar refractivity (Wildman–Crippen MR) is 97.2 cm³/mol. The fourth-order valence-corrected chi connectivity index (χ4v) is 4.32. The van der Waals surface area contributed by atoms with Crippen molar-refractivity contribution in [3.63, 3.8) is 0 Å². The molecule has 6 heteroatoms. The molecule has 6 nitrogen and oxygen atoms in total. The molecule has 2 N–H and O–H groups in total. The molecule has 0 saturated heterocycles. The third-order valence-corrected chi connectivity index (χ3v) is 5.54. The first-order valence-corrected chi connectivity index (χ1v) is 8.58. The minimum atomic E-state index is -0.641. The normalized spacial score (nSPS) is 21.0. The van der Waals surface area contributed by atoms with E-state index in [9.17, 15) is 10.2 Å². The largest absolute Gasteiger partial charge is 0.504 e. The van der Waals surface area contributed by atoms with Crippen LogP contribution in [0.15, 0.2) is 18.2 Å². The Hall–Kier alpha value is -2.44. The zero-order chi connectivity index (χ0) is 18.6. The van der Waals surface area contributed by atoms with Gasteiger partial charge in [-0.1, -0.05) is 6.07 Å². The van der Waals surface area contributed by atoms with Crippen molar-refractivity contribution in [2.24, 2.45) is 0 Å². The molecule has 1 aliphatic carbocycles. The molecule has 2 atom stereocenters. The highest BCUT2D eigenvalue weighted by atomic mass is 16.5. The second-order valence-corrected chi connectivity index (χ2v) is 6.82. The van der Waals surface area contributed by atoms with E-state index in [0.717, 1.165) is 28.7 Å². The van der Waals surface area contributed by atoms with Gasteiger partial charge in [-0.15, -0.1) is 0 Å². The summed E-state index contributed by atoms with van der Waals surface area (Å²) in [5, 5.41) is 21.6. The van der Waals surface area contributed by atoms with E-state index in [-0.39, 0.29) is 11.8 Å². The number of methoxy groups -OCH3 is 3. The number of benzene rings is 2. The van der Waals surface area contributed by atoms with E-state index in [4.69, 9.17) is 14.2 Å². The number of ether oxygens (including phenoxy) is 3. The van der Waals surface area contributed by atoms with Gasteiger partial charge >= 0.3 is 0 Å². The van der Waals surface area contributed by atoms with Gasteiger partial charge in [0.2, 0.25) is 0 Å². The maximum Gasteiger partial charge on any atom is 0.168 e. The molecule has 138 valence electrons. The zero-order valence-electron chi connectivity index (χ0n) is 15.4. The van der Waals surface area contributed by atoms with Crippen molar-refractivity contribution in [2.45, 2.75) is 18.6 Å². The summed E-state index contributed by atoms with van der Waals surface area (Å²) in [4.78, 5) is 2.13. The third kappa shape index (κ3) is 2.19. The molecule has 0 fully saturated rings. The first kappa shape index (κ1) is 17.0. The lowest BCUT2D eigenvalue weighted by Gasteiger charge is -2.42. The van der Waals surface area contributed by atoms with Crippen LogP contribution >= 0.6 is 0 Å². The van der Waals surface area contributed by atoms with Crippen molar-refractivity contribution in [3.05, 3.63) is 34.9 Å². The van der Waals surface area contributed by atoms with Crippen LogP contribution in [0, 0.1) is 0 Å². The maximum absolute atomic E-state index is 11.0. The summed E-state index contributed by atoms with van der Waals surface area (Å²) in [7, 11) is 6.69. The first-order valence-electron chi connectivity index (χ1n) is 8.58. The molecule has 4 rings (SSSR count). The summed E-state index contributed by atoms with van der Waals surface area (Å²) in [5.74, 6) is 1.59. The van der Waals surface area contributed by atoms with E-state index < -0.39 is 6.10 Å². The SMILES string of the molecule is COc1cc2c3c(c1O)-c1c(ccc(OC)c1OC)C[C@@H]3N(C)C[C@@H]2O. The minimum Gasteiger partial charge on any atom is -0.504 e. The Labute approximate surface area is 152 Å². The molecule has 0 aromatic heterocycles. The molecule has 2 aromatic rings. The van der Waals surface area contributed by atoms with Crippen LogP contribution in [0.1, 0.15) is 28.8 Å². The van der Waals surface area contributed by atoms with Gasteiger partial charge < -0.3 is 24.4 Å². The molecule has 2 aliphatic rings. The highest BCUT2D eigenvalue weighted by Gasteiger charge is 2.40. The number of aliphatic hydroxyl groups is 1. The number of nitrogens with zero attached hydrogens (tertiary/aromatic N) is 1. The van der Waals surface area contributed by atoms with Crippen molar-refractivity contribution >= 4 is 0 Å². The Morgan fingerprint density at radius 3 is 2.42 bits per heavy atom. The zero-order valence-corrected chi connectivity index (χ0v) is 15.4. The van der Waals surface area contributed by atoms with E-state index in [1.807, 2.05) is 19.2 Å². The fourth-order valence-electron chi connectivity index (χ4n) is 4.32. The van der Waals surface area contributed by atoms with Crippen LogP contribution in [-0.4, -0.2) is 50.0 Å². The summed E-state index contributed by atoms with van der Waals surface area (Å²) in [6.07, 6.45) is 0.127. The van der Waals surface area contributed by atoms with Crippen LogP contribution in [0.5, 0.6) is 23.0 Å². The maximum atomic E-state index is 11.0. The van der Waals surface area contributed by atoms with Gasteiger partial charge in [-0.05, 0) is 42.3 Å². The summed E-state index contributed by atoms with van der Waals surface area (Å²) >= 11 is 0. The number of aromatic hydroxyl groups is 1. The average molecular weight is 357 g/mol. The molecule has 0 amide bonds.